The Hall–Kier alpha value is -7.27. The molecule has 8 aromatic rings. The van der Waals surface area contributed by atoms with Crippen LogP contribution in [0.15, 0.2) is 69.6 Å². The molecule has 0 spiro atoms. The van der Waals surface area contributed by atoms with Crippen LogP contribution in [0, 0.1) is 20.8 Å². The van der Waals surface area contributed by atoms with Crippen LogP contribution in [0.5, 0.6) is 0 Å². The van der Waals surface area contributed by atoms with E-state index in [1.54, 1.807) is 18.4 Å². The quantitative estimate of drug-likeness (QED) is 0.0160. The molecule has 70 heteroatoms. The Morgan fingerprint density at radius 1 is 0.415 bits per heavy atom. The summed E-state index contributed by atoms with van der Waals surface area (Å²) in [5, 5.41) is 14.9. The van der Waals surface area contributed by atoms with Crippen molar-refractivity contribution in [3.05, 3.63) is 104 Å². The fourth-order valence-corrected chi connectivity index (χ4v) is 23.8. The van der Waals surface area contributed by atoms with Crippen molar-refractivity contribution in [2.45, 2.75) is 194 Å². The molecule has 7 aliphatic rings. The van der Waals surface area contributed by atoms with Gasteiger partial charge in [-0.1, -0.05) is 13.3 Å². The average Bonchev–Trinajstić information content (AvgIpc) is 1.60. The normalized spacial score (nSPS) is 29.8. The third kappa shape index (κ3) is 26.9. The average molecular weight is 2250 g/mol. The molecule has 7 aliphatic heterocycles. The number of aryl methyl sites for hydroxylation is 3. The van der Waals surface area contributed by atoms with Crippen LogP contribution in [0.2, 0.25) is 0 Å². The molecule has 0 radical (unpaired) electrons. The van der Waals surface area contributed by atoms with Gasteiger partial charge in [-0.3, -0.25) is 50.0 Å². The topological polar surface area (TPSA) is 795 Å². The van der Waals surface area contributed by atoms with Gasteiger partial charge in [-0.25, -0.2) is 58.8 Å². The summed E-state index contributed by atoms with van der Waals surface area (Å²) in [6.07, 6.45) is -24.1. The molecular formula is C77H116N25O36P5S4. The molecule has 814 valence electrons. The van der Waals surface area contributed by atoms with Crippen molar-refractivity contribution >= 4 is 145 Å². The number of rotatable bonds is 53. The number of phosphoric ester groups is 1. The molecule has 0 amide bonds. The minimum absolute atomic E-state index is 0.0361. The van der Waals surface area contributed by atoms with Crippen molar-refractivity contribution in [1.29, 1.82) is 0 Å². The number of aliphatic hydroxyl groups is 1. The molecule has 6 saturated heterocycles. The number of nitrogen functional groups attached to an aromatic ring is 5. The van der Waals surface area contributed by atoms with Crippen LogP contribution >= 0.6 is 34.7 Å². The number of phosphoric acid groups is 1. The Labute approximate surface area is 856 Å². The van der Waals surface area contributed by atoms with Gasteiger partial charge in [-0.2, -0.15) is 15.0 Å². The first-order chi connectivity index (χ1) is 70.1. The first-order valence-electron chi connectivity index (χ1n) is 45.3. The number of imidazole rings is 3. The van der Waals surface area contributed by atoms with E-state index in [9.17, 15) is 44.0 Å². The number of guanidine groups is 1. The molecule has 0 saturated carbocycles. The van der Waals surface area contributed by atoms with Crippen molar-refractivity contribution in [2.75, 3.05) is 169 Å². The van der Waals surface area contributed by atoms with Crippen LogP contribution in [0.4, 0.5) is 34.9 Å². The van der Waals surface area contributed by atoms with Crippen molar-refractivity contribution in [3.63, 3.8) is 0 Å². The van der Waals surface area contributed by atoms with Crippen molar-refractivity contribution in [2.24, 2.45) is 16.5 Å². The zero-order valence-electron chi connectivity index (χ0n) is 80.1. The van der Waals surface area contributed by atoms with Gasteiger partial charge in [0.1, 0.15) is 157 Å². The number of hydrogen-bond donors (Lipinski definition) is 14. The van der Waals surface area contributed by atoms with Gasteiger partial charge < -0.3 is 173 Å². The standard InChI is InChI=1S/C77H116N25O36P5S4/c1-10-11-39-40(22-46(128-39)100-33-89-47-63(81)85-31-87-66(47)100)134-140(109,144)125-29-44-53(57(120-19-14-115-7)71(131-44)98-24-37(3)61(79)94-76(98)105)138-142(111,146)126-28-43-51(56(119-18-13-114-6)70(130-43)97-23-36(2)60(78)93-75(97)104)135-139(107,108)123-27-42-52(59(122-21-16-117-9)73(133-42)102-35-91-49-65(83)92-74(84)96-68(49)102)136-143(112,147)127-30-45-54(58(121-20-15-116-8)72(132-45)99-25-38(4)62(80)95-77(99)106)137-141(110,145)124-26-41-50(103)55(118-17-12-113-5)69(129-41)101-34-90-48-64(82)86-32-88-67(48)101/h23-25,31-35,39-46,50-59,65,69-73,103H,10-22,26-30,83H2,1-9H3,(H,107,108)(H,109,144)(H,110,145)(H,111,146)(H,112,147)(H2,78,93,104)(H2,79,94,105)(H2,80,95,106)(H2,81,85,87)(H2,82,86,88)(H3,84,92,96)/t39-,40?,41-,42-,43-,44-,45-,46-,50?,51?,52?,53?,54?,55+,56+,57+,58+,59+,65?,69-,70-,71-,72-,73-,140?,141?,142?,143?/m1/s1. The second-order valence-electron chi connectivity index (χ2n) is 34.0. The number of aliphatic hydroxyl groups excluding tert-OH is 1. The predicted octanol–water partition coefficient (Wildman–Crippen LogP) is -1.06. The van der Waals surface area contributed by atoms with Gasteiger partial charge >= 0.3 is 51.8 Å². The number of nitrogens with two attached hydrogens (primary N) is 7. The van der Waals surface area contributed by atoms with Gasteiger partial charge in [0.15, 0.2) is 60.0 Å². The Balaban J connectivity index is 0.718. The molecule has 0 aliphatic carbocycles. The smallest absolute Gasteiger partial charge is 0.387 e. The van der Waals surface area contributed by atoms with E-state index < -0.39 is 232 Å². The summed E-state index contributed by atoms with van der Waals surface area (Å²) in [6, 6.07) is 0. The van der Waals surface area contributed by atoms with E-state index in [1.165, 1.54) is 102 Å². The monoisotopic (exact) mass is 2250 g/mol. The van der Waals surface area contributed by atoms with Gasteiger partial charge in [0.25, 0.3) is 0 Å². The summed E-state index contributed by atoms with van der Waals surface area (Å²) >= 11 is 23.2. The number of anilines is 6. The fourth-order valence-electron chi connectivity index (χ4n) is 17.1. The molecule has 6 fully saturated rings. The fraction of sp³-hybridized carbons (Fsp3) is 0.662. The van der Waals surface area contributed by atoms with Crippen LogP contribution in [-0.4, -0.2) is 351 Å². The maximum Gasteiger partial charge on any atom is 0.472 e. The lowest BCUT2D eigenvalue weighted by Gasteiger charge is -2.31. The molecule has 15 rings (SSSR count). The van der Waals surface area contributed by atoms with Crippen LogP contribution in [0.3, 0.4) is 0 Å². The highest BCUT2D eigenvalue weighted by Crippen LogP contribution is 2.58. The van der Waals surface area contributed by atoms with Gasteiger partial charge in [0.2, 0.25) is 0 Å². The summed E-state index contributed by atoms with van der Waals surface area (Å²) < 4.78 is 183. The molecular weight excluding hydrogens is 2130 g/mol. The lowest BCUT2D eigenvalue weighted by molar-refractivity contribution is -0.0841. The second kappa shape index (κ2) is 49.4. The number of hydrogen-bond acceptors (Lipinski definition) is 54. The largest absolute Gasteiger partial charge is 0.472 e. The van der Waals surface area contributed by atoms with E-state index in [0.717, 1.165) is 13.7 Å². The van der Waals surface area contributed by atoms with Crippen molar-refractivity contribution in [3.8, 4) is 0 Å². The maximum atomic E-state index is 15.6. The van der Waals surface area contributed by atoms with Gasteiger partial charge in [-0.05, 0) is 74.4 Å². The summed E-state index contributed by atoms with van der Waals surface area (Å²) in [5.41, 5.74) is 42.4. The predicted molar refractivity (Wildman–Crippen MR) is 524 cm³/mol. The Morgan fingerprint density at radius 2 is 0.762 bits per heavy atom. The minimum atomic E-state index is -5.86. The first-order valence-corrected chi connectivity index (χ1v) is 57.2. The Kier molecular flexibility index (Phi) is 38.3. The van der Waals surface area contributed by atoms with Gasteiger partial charge in [0, 0.05) is 77.3 Å². The number of aliphatic imine (C=N–C) groups is 1. The SMILES string of the molecule is CCC[C@H]1O[C@@H](n2cnc3c(N)ncnc32)CC1OP(O)(=S)OC[C@H]1O[C@@H](n2cc(C)c(N)nc2=O)[C@@H](OCCOC)C1OP(O)(=S)OC[C@H]1O[C@@H](n2cc(C)c(N)nc2=O)[C@@H](OCCOC)C1OP(=O)(O)OC[C@H]1O[C@@H](n2cnc3c2NC(N)=NC3N)[C@@H](OCCOC)C1OP(O)(=S)OC[C@H]1O[C@@H](n2cc(C)c(N)nc2=O)[C@@H](OCCOC)C1OP(O)(=S)OC[C@H]1O[C@@H](n2cnc3c(N)ncnc32)[C@@H](OCCOC)C1O. The number of ether oxygens (including phenoxy) is 16. The lowest BCUT2D eigenvalue weighted by atomic mass is 10.1. The van der Waals surface area contributed by atoms with E-state index in [-0.39, 0.29) is 141 Å². The summed E-state index contributed by atoms with van der Waals surface area (Å²) in [7, 11) is 1.04. The number of methoxy groups -OCH3 is 5. The van der Waals surface area contributed by atoms with E-state index in [0.29, 0.717) is 29.6 Å². The molecule has 8 aromatic heterocycles. The zero-order chi connectivity index (χ0) is 105. The van der Waals surface area contributed by atoms with E-state index in [4.69, 9.17) is 208 Å². The number of fused-ring (bicyclic) bond motifs is 3. The minimum Gasteiger partial charge on any atom is -0.387 e. The molecule has 21 N–H and O–H groups in total. The van der Waals surface area contributed by atoms with Crippen LogP contribution < -0.4 is 62.5 Å². The lowest BCUT2D eigenvalue weighted by Crippen LogP contribution is -2.41. The molecule has 0 bridgehead atoms. The molecule has 12 unspecified atom stereocenters. The Bertz CT molecular complexity index is 6380. The highest BCUT2D eigenvalue weighted by molar-refractivity contribution is 8.08. The summed E-state index contributed by atoms with van der Waals surface area (Å²) in [6.45, 7) is -18.8. The van der Waals surface area contributed by atoms with E-state index in [1.807, 2.05) is 6.92 Å². The molecule has 15 heterocycles. The third-order valence-electron chi connectivity index (χ3n) is 24.1. The first kappa shape index (κ1) is 114. The number of aromatic nitrogens is 16. The molecule has 147 heavy (non-hydrogen) atoms. The maximum absolute atomic E-state index is 15.6. The number of nitrogens with zero attached hydrogens (tertiary/aromatic N) is 17. The van der Waals surface area contributed by atoms with Crippen LogP contribution in [0.1, 0.15) is 92.1 Å². The summed E-state index contributed by atoms with van der Waals surface area (Å²) in [5.74, 6) is -0.415. The second-order valence-corrected chi connectivity index (χ2v) is 46.6. The van der Waals surface area contributed by atoms with E-state index >= 15 is 4.57 Å². The highest BCUT2D eigenvalue weighted by atomic mass is 32.5. The Morgan fingerprint density at radius 3 is 1.17 bits per heavy atom. The summed E-state index contributed by atoms with van der Waals surface area (Å²) in [4.78, 5) is 151. The molecule has 61 nitrogen and oxygen atoms in total. The van der Waals surface area contributed by atoms with Crippen molar-refractivity contribution in [1.82, 2.24) is 77.2 Å². The zero-order valence-corrected chi connectivity index (χ0v) is 87.9. The van der Waals surface area contributed by atoms with E-state index in [2.05, 4.69) is 60.1 Å². The number of nitrogens with one attached hydrogen (secondary N) is 1. The third-order valence-corrected chi connectivity index (χ3v) is 31.3. The molecule has 29 atom stereocenters. The van der Waals surface area contributed by atoms with Crippen LogP contribution in [0.25, 0.3) is 22.3 Å². The molecule has 0 aromatic carbocycles. The van der Waals surface area contributed by atoms with Gasteiger partial charge in [-0.15, -0.1) is 0 Å². The van der Waals surface area contributed by atoms with Crippen molar-refractivity contribution < 1.29 is 155 Å². The van der Waals surface area contributed by atoms with Gasteiger partial charge in [0.05, 0.1) is 130 Å². The van der Waals surface area contributed by atoms with Crippen LogP contribution in [-0.2, 0) is 173 Å². The highest BCUT2D eigenvalue weighted by Gasteiger charge is 2.59.